The maximum atomic E-state index is 12.4. The van der Waals surface area contributed by atoms with Gasteiger partial charge in [0, 0.05) is 0 Å². The summed E-state index contributed by atoms with van der Waals surface area (Å²) in [4.78, 5) is 16.8. The highest BCUT2D eigenvalue weighted by molar-refractivity contribution is 7.22. The lowest BCUT2D eigenvalue weighted by Crippen LogP contribution is -2.30. The number of benzene rings is 2. The number of hydrogen-bond acceptors (Lipinski definition) is 5. The molecule has 0 aliphatic heterocycles. The largest absolute Gasteiger partial charge is 0.494 e. The second-order valence-corrected chi connectivity index (χ2v) is 6.86. The summed E-state index contributed by atoms with van der Waals surface area (Å²) in [6.07, 6.45) is 0.354. The number of carbonyl (C=O) groups is 1. The van der Waals surface area contributed by atoms with Crippen LogP contribution < -0.4 is 14.8 Å². The summed E-state index contributed by atoms with van der Waals surface area (Å²) in [6.45, 7) is 6.38. The van der Waals surface area contributed by atoms with Gasteiger partial charge < -0.3 is 9.47 Å². The number of hydrogen-bond donors (Lipinski definition) is 1. The topological polar surface area (TPSA) is 60.5 Å². The van der Waals surface area contributed by atoms with E-state index in [0.717, 1.165) is 22.4 Å². The number of nitrogens with one attached hydrogen (secondary N) is 1. The molecule has 0 fully saturated rings. The molecule has 2 aromatic carbocycles. The third kappa shape index (κ3) is 4.32. The van der Waals surface area contributed by atoms with Crippen molar-refractivity contribution < 1.29 is 14.3 Å². The Morgan fingerprint density at radius 1 is 1.15 bits per heavy atom. The Labute approximate surface area is 157 Å². The summed E-state index contributed by atoms with van der Waals surface area (Å²) in [5, 5.41) is 3.38. The fourth-order valence-electron chi connectivity index (χ4n) is 2.48. The third-order valence-electron chi connectivity index (χ3n) is 3.91. The van der Waals surface area contributed by atoms with E-state index in [2.05, 4.69) is 17.2 Å². The Balaban J connectivity index is 1.65. The van der Waals surface area contributed by atoms with Crippen LogP contribution in [0.4, 0.5) is 5.13 Å². The van der Waals surface area contributed by atoms with Crippen LogP contribution in [0.2, 0.25) is 0 Å². The summed E-state index contributed by atoms with van der Waals surface area (Å²) in [5.41, 5.74) is 2.06. The maximum absolute atomic E-state index is 12.4. The summed E-state index contributed by atoms with van der Waals surface area (Å²) >= 11 is 1.42. The molecule has 0 spiro atoms. The lowest BCUT2D eigenvalue weighted by Gasteiger charge is -2.13. The number of carbonyl (C=O) groups excluding carboxylic acids is 1. The summed E-state index contributed by atoms with van der Waals surface area (Å²) in [7, 11) is 0. The first-order chi connectivity index (χ1) is 12.6. The number of rotatable bonds is 7. The van der Waals surface area contributed by atoms with E-state index < -0.39 is 6.10 Å². The van der Waals surface area contributed by atoms with Crippen LogP contribution in [-0.2, 0) is 11.2 Å². The summed E-state index contributed by atoms with van der Waals surface area (Å²) < 4.78 is 12.2. The van der Waals surface area contributed by atoms with E-state index in [4.69, 9.17) is 9.47 Å². The summed E-state index contributed by atoms with van der Waals surface area (Å²) in [5.74, 6) is 1.25. The Morgan fingerprint density at radius 3 is 2.58 bits per heavy atom. The second-order valence-electron chi connectivity index (χ2n) is 5.83. The molecule has 1 amide bonds. The first kappa shape index (κ1) is 18.2. The van der Waals surface area contributed by atoms with Crippen molar-refractivity contribution in [3.8, 4) is 11.5 Å². The van der Waals surface area contributed by atoms with E-state index in [9.17, 15) is 4.79 Å². The van der Waals surface area contributed by atoms with Crippen LogP contribution in [0.5, 0.6) is 11.5 Å². The number of anilines is 1. The van der Waals surface area contributed by atoms with Gasteiger partial charge in [0.05, 0.1) is 16.8 Å². The monoisotopic (exact) mass is 370 g/mol. The fraction of sp³-hybridized carbons (Fsp3) is 0.300. The Hall–Kier alpha value is -2.60. The minimum Gasteiger partial charge on any atom is -0.494 e. The Kier molecular flexibility index (Phi) is 5.73. The molecule has 26 heavy (non-hydrogen) atoms. The van der Waals surface area contributed by atoms with E-state index >= 15 is 0 Å². The molecule has 1 heterocycles. The number of fused-ring (bicyclic) bond motifs is 1. The lowest BCUT2D eigenvalue weighted by molar-refractivity contribution is -0.122. The smallest absolute Gasteiger partial charge is 0.266 e. The molecule has 5 nitrogen and oxygen atoms in total. The highest BCUT2D eigenvalue weighted by Crippen LogP contribution is 2.29. The van der Waals surface area contributed by atoms with Crippen LogP contribution >= 0.6 is 11.3 Å². The van der Waals surface area contributed by atoms with Crippen molar-refractivity contribution in [1.82, 2.24) is 4.98 Å². The highest BCUT2D eigenvalue weighted by Gasteiger charge is 2.17. The van der Waals surface area contributed by atoms with Crippen molar-refractivity contribution in [2.24, 2.45) is 0 Å². The van der Waals surface area contributed by atoms with Gasteiger partial charge in [-0.3, -0.25) is 10.1 Å². The van der Waals surface area contributed by atoms with Crippen molar-refractivity contribution in [2.75, 3.05) is 11.9 Å². The van der Waals surface area contributed by atoms with Crippen molar-refractivity contribution in [2.45, 2.75) is 33.3 Å². The van der Waals surface area contributed by atoms with Crippen LogP contribution in [0.1, 0.15) is 26.3 Å². The predicted molar refractivity (Wildman–Crippen MR) is 105 cm³/mol. The quantitative estimate of drug-likeness (QED) is 0.657. The zero-order valence-corrected chi connectivity index (χ0v) is 15.9. The van der Waals surface area contributed by atoms with E-state index in [0.29, 0.717) is 17.5 Å². The number of thiazole rings is 1. The Bertz CT molecular complexity index is 890. The standard InChI is InChI=1S/C20H22N2O3S/c1-4-14-6-8-15(9-7-14)25-13(3)19(23)22-20-21-17-11-10-16(24-5-2)12-18(17)26-20/h6-13H,4-5H2,1-3H3,(H,21,22,23). The van der Waals surface area contributed by atoms with Gasteiger partial charge in [-0.15, -0.1) is 0 Å². The van der Waals surface area contributed by atoms with Crippen LogP contribution in [0.25, 0.3) is 10.2 Å². The molecule has 0 saturated heterocycles. The zero-order chi connectivity index (χ0) is 18.5. The number of aryl methyl sites for hydroxylation is 1. The number of aromatic nitrogens is 1. The fourth-order valence-corrected chi connectivity index (χ4v) is 3.38. The van der Waals surface area contributed by atoms with Gasteiger partial charge in [0.15, 0.2) is 11.2 Å². The SMILES string of the molecule is CCOc1ccc2nc(NC(=O)C(C)Oc3ccc(CC)cc3)sc2c1. The number of amides is 1. The molecule has 3 rings (SSSR count). The highest BCUT2D eigenvalue weighted by atomic mass is 32.1. The van der Waals surface area contributed by atoms with Gasteiger partial charge in [0.25, 0.3) is 5.91 Å². The molecule has 1 aromatic heterocycles. The van der Waals surface area contributed by atoms with Gasteiger partial charge in [-0.05, 0) is 56.2 Å². The average molecular weight is 370 g/mol. The van der Waals surface area contributed by atoms with Crippen molar-refractivity contribution in [3.05, 3.63) is 48.0 Å². The lowest BCUT2D eigenvalue weighted by atomic mass is 10.2. The molecule has 0 saturated carbocycles. The van der Waals surface area contributed by atoms with Gasteiger partial charge in [-0.1, -0.05) is 30.4 Å². The molecule has 136 valence electrons. The normalized spacial score (nSPS) is 12.0. The molecule has 3 aromatic rings. The molecule has 6 heteroatoms. The molecule has 0 radical (unpaired) electrons. The first-order valence-electron chi connectivity index (χ1n) is 8.69. The van der Waals surface area contributed by atoms with Crippen molar-refractivity contribution >= 4 is 32.6 Å². The number of ether oxygens (including phenoxy) is 2. The van der Waals surface area contributed by atoms with Crippen molar-refractivity contribution in [3.63, 3.8) is 0 Å². The van der Waals surface area contributed by atoms with Gasteiger partial charge in [-0.25, -0.2) is 4.98 Å². The van der Waals surface area contributed by atoms with Crippen LogP contribution in [-0.4, -0.2) is 23.6 Å². The third-order valence-corrected chi connectivity index (χ3v) is 4.85. The van der Waals surface area contributed by atoms with Gasteiger partial charge >= 0.3 is 0 Å². The molecule has 0 bridgehead atoms. The van der Waals surface area contributed by atoms with Gasteiger partial charge in [-0.2, -0.15) is 0 Å². The predicted octanol–water partition coefficient (Wildman–Crippen LogP) is 4.66. The van der Waals surface area contributed by atoms with E-state index in [1.54, 1.807) is 6.92 Å². The van der Waals surface area contributed by atoms with Crippen LogP contribution in [0.15, 0.2) is 42.5 Å². The van der Waals surface area contributed by atoms with E-state index in [1.165, 1.54) is 16.9 Å². The minimum absolute atomic E-state index is 0.228. The van der Waals surface area contributed by atoms with E-state index in [-0.39, 0.29) is 5.91 Å². The molecule has 0 aliphatic carbocycles. The van der Waals surface area contributed by atoms with Crippen LogP contribution in [0.3, 0.4) is 0 Å². The van der Waals surface area contributed by atoms with Gasteiger partial charge in [0.1, 0.15) is 11.5 Å². The number of nitrogens with zero attached hydrogens (tertiary/aromatic N) is 1. The average Bonchev–Trinajstić information content (AvgIpc) is 3.04. The van der Waals surface area contributed by atoms with Gasteiger partial charge in [0.2, 0.25) is 0 Å². The van der Waals surface area contributed by atoms with Crippen molar-refractivity contribution in [1.29, 1.82) is 0 Å². The molecule has 1 unspecified atom stereocenters. The summed E-state index contributed by atoms with van der Waals surface area (Å²) in [6, 6.07) is 13.5. The Morgan fingerprint density at radius 2 is 1.88 bits per heavy atom. The molecule has 1 atom stereocenters. The van der Waals surface area contributed by atoms with Crippen LogP contribution in [0, 0.1) is 0 Å². The minimum atomic E-state index is -0.617. The molecular weight excluding hydrogens is 348 g/mol. The zero-order valence-electron chi connectivity index (χ0n) is 15.1. The molecular formula is C20H22N2O3S. The maximum Gasteiger partial charge on any atom is 0.266 e. The molecule has 1 N–H and O–H groups in total. The van der Waals surface area contributed by atoms with E-state index in [1.807, 2.05) is 49.4 Å². The second kappa shape index (κ2) is 8.19. The first-order valence-corrected chi connectivity index (χ1v) is 9.50. The molecule has 0 aliphatic rings.